The van der Waals surface area contributed by atoms with Gasteiger partial charge in [0.15, 0.2) is 11.5 Å². The Morgan fingerprint density at radius 1 is 1.14 bits per heavy atom. The van der Waals surface area contributed by atoms with Crippen LogP contribution in [0.5, 0.6) is 17.2 Å². The molecule has 2 aliphatic rings. The Labute approximate surface area is 167 Å². The zero-order valence-electron chi connectivity index (χ0n) is 15.7. The summed E-state index contributed by atoms with van der Waals surface area (Å²) in [6.45, 7) is 0.878. The summed E-state index contributed by atoms with van der Waals surface area (Å²) < 4.78 is 16.6. The second kappa shape index (κ2) is 7.25. The Hall–Kier alpha value is -3.32. The molecule has 29 heavy (non-hydrogen) atoms. The number of ether oxygens (including phenoxy) is 3. The molecule has 5 rings (SSSR count). The topological polar surface area (TPSA) is 81.1 Å². The lowest BCUT2D eigenvalue weighted by Crippen LogP contribution is -2.51. The number of benzene rings is 2. The lowest BCUT2D eigenvalue weighted by molar-refractivity contribution is -0.0198. The van der Waals surface area contributed by atoms with Crippen LogP contribution in [0.1, 0.15) is 16.8 Å². The first-order valence-electron chi connectivity index (χ1n) is 9.56. The van der Waals surface area contributed by atoms with Gasteiger partial charge in [-0.3, -0.25) is 9.78 Å². The van der Waals surface area contributed by atoms with Gasteiger partial charge in [-0.2, -0.15) is 0 Å². The van der Waals surface area contributed by atoms with E-state index in [0.29, 0.717) is 35.8 Å². The fourth-order valence-corrected chi connectivity index (χ4v) is 3.74. The SMILES string of the molecule is O=C(c1ccc2c(c1)OCO2)N1CC[C@@H](Oc2ccc3cccnc3c2)[C@H](O)C1. The number of aliphatic hydroxyl groups excluding tert-OH is 1. The fraction of sp³-hybridized carbons (Fsp3) is 0.273. The number of hydrogen-bond donors (Lipinski definition) is 1. The molecule has 0 spiro atoms. The molecular formula is C22H20N2O5. The molecule has 0 aliphatic carbocycles. The number of piperidine rings is 1. The molecule has 7 nitrogen and oxygen atoms in total. The first-order chi connectivity index (χ1) is 14.2. The molecule has 2 aromatic carbocycles. The Bertz CT molecular complexity index is 1070. The predicted molar refractivity (Wildman–Crippen MR) is 105 cm³/mol. The van der Waals surface area contributed by atoms with Crippen LogP contribution in [0.15, 0.2) is 54.7 Å². The van der Waals surface area contributed by atoms with E-state index in [2.05, 4.69) is 4.98 Å². The number of fused-ring (bicyclic) bond motifs is 2. The smallest absolute Gasteiger partial charge is 0.254 e. The van der Waals surface area contributed by atoms with Crippen LogP contribution in [0.2, 0.25) is 0 Å². The van der Waals surface area contributed by atoms with Gasteiger partial charge in [-0.25, -0.2) is 0 Å². The third kappa shape index (κ3) is 3.45. The molecule has 1 amide bonds. The lowest BCUT2D eigenvalue weighted by atomic mass is 10.0. The summed E-state index contributed by atoms with van der Waals surface area (Å²) >= 11 is 0. The van der Waals surface area contributed by atoms with Gasteiger partial charge in [0.1, 0.15) is 18.0 Å². The summed E-state index contributed by atoms with van der Waals surface area (Å²) in [7, 11) is 0. The summed E-state index contributed by atoms with van der Waals surface area (Å²) in [5, 5.41) is 11.6. The van der Waals surface area contributed by atoms with Crippen LogP contribution in [-0.4, -0.2) is 53.0 Å². The van der Waals surface area contributed by atoms with Crippen LogP contribution in [0.3, 0.4) is 0 Å². The second-order valence-electron chi connectivity index (χ2n) is 7.19. The van der Waals surface area contributed by atoms with E-state index < -0.39 is 6.10 Å². The van der Waals surface area contributed by atoms with E-state index in [9.17, 15) is 9.90 Å². The third-order valence-electron chi connectivity index (χ3n) is 5.29. The number of carbonyl (C=O) groups excluding carboxylic acids is 1. The molecule has 1 saturated heterocycles. The number of nitrogens with zero attached hydrogens (tertiary/aromatic N) is 2. The van der Waals surface area contributed by atoms with Gasteiger partial charge in [-0.15, -0.1) is 0 Å². The van der Waals surface area contributed by atoms with Gasteiger partial charge in [0, 0.05) is 36.2 Å². The van der Waals surface area contributed by atoms with Crippen molar-refractivity contribution in [3.63, 3.8) is 0 Å². The number of aliphatic hydroxyl groups is 1. The molecule has 1 fully saturated rings. The van der Waals surface area contributed by atoms with Crippen LogP contribution in [-0.2, 0) is 0 Å². The maximum Gasteiger partial charge on any atom is 0.254 e. The van der Waals surface area contributed by atoms with E-state index in [1.807, 2.05) is 30.3 Å². The molecular weight excluding hydrogens is 372 g/mol. The number of β-amino-alcohol motifs (C(OH)–C–C–N with tert-alkyl or cyclic N) is 1. The number of amides is 1. The van der Waals surface area contributed by atoms with E-state index in [0.717, 1.165) is 10.9 Å². The van der Waals surface area contributed by atoms with Crippen molar-refractivity contribution in [2.75, 3.05) is 19.9 Å². The molecule has 0 saturated carbocycles. The minimum absolute atomic E-state index is 0.143. The Balaban J connectivity index is 1.25. The zero-order valence-corrected chi connectivity index (χ0v) is 15.7. The lowest BCUT2D eigenvalue weighted by Gasteiger charge is -2.36. The molecule has 2 atom stereocenters. The van der Waals surface area contributed by atoms with E-state index in [1.165, 1.54) is 0 Å². The number of likely N-dealkylation sites (tertiary alicyclic amines) is 1. The van der Waals surface area contributed by atoms with Crippen molar-refractivity contribution in [1.29, 1.82) is 0 Å². The van der Waals surface area contributed by atoms with Crippen LogP contribution >= 0.6 is 0 Å². The van der Waals surface area contributed by atoms with E-state index >= 15 is 0 Å². The van der Waals surface area contributed by atoms with E-state index in [-0.39, 0.29) is 25.3 Å². The van der Waals surface area contributed by atoms with Crippen molar-refractivity contribution in [2.24, 2.45) is 0 Å². The summed E-state index contributed by atoms with van der Waals surface area (Å²) in [4.78, 5) is 18.8. The molecule has 0 radical (unpaired) electrons. The van der Waals surface area contributed by atoms with Gasteiger partial charge in [0.25, 0.3) is 5.91 Å². The Kier molecular flexibility index (Phi) is 4.44. The van der Waals surface area contributed by atoms with Crippen molar-refractivity contribution >= 4 is 16.8 Å². The standard InChI is InChI=1S/C22H20N2O5/c25-18-12-24(22(26)15-4-6-20-21(10-15)28-13-27-20)9-7-19(18)29-16-5-3-14-2-1-8-23-17(14)11-16/h1-6,8,10-11,18-19,25H,7,9,12-13H2/t18-,19-/m1/s1. The minimum Gasteiger partial charge on any atom is -0.488 e. The van der Waals surface area contributed by atoms with Gasteiger partial charge < -0.3 is 24.2 Å². The van der Waals surface area contributed by atoms with Crippen LogP contribution < -0.4 is 14.2 Å². The first kappa shape index (κ1) is 17.8. The first-order valence-corrected chi connectivity index (χ1v) is 9.56. The highest BCUT2D eigenvalue weighted by molar-refractivity contribution is 5.95. The Morgan fingerprint density at radius 2 is 2.03 bits per heavy atom. The number of carbonyl (C=O) groups is 1. The van der Waals surface area contributed by atoms with E-state index in [4.69, 9.17) is 14.2 Å². The summed E-state index contributed by atoms with van der Waals surface area (Å²) in [5.41, 5.74) is 1.36. The molecule has 3 heterocycles. The van der Waals surface area contributed by atoms with Crippen LogP contribution in [0.4, 0.5) is 0 Å². The number of aromatic nitrogens is 1. The normalized spacial score (nSPS) is 20.7. The maximum atomic E-state index is 12.8. The fourth-order valence-electron chi connectivity index (χ4n) is 3.74. The molecule has 7 heteroatoms. The van der Waals surface area contributed by atoms with Gasteiger partial charge >= 0.3 is 0 Å². The average Bonchev–Trinajstić information content (AvgIpc) is 3.22. The monoisotopic (exact) mass is 392 g/mol. The highest BCUT2D eigenvalue weighted by Gasteiger charge is 2.32. The molecule has 1 N–H and O–H groups in total. The highest BCUT2D eigenvalue weighted by atomic mass is 16.7. The molecule has 3 aromatic rings. The van der Waals surface area contributed by atoms with Gasteiger partial charge in [0.05, 0.1) is 12.1 Å². The summed E-state index contributed by atoms with van der Waals surface area (Å²) in [6.07, 6.45) is 1.12. The molecule has 1 aromatic heterocycles. The van der Waals surface area contributed by atoms with Crippen molar-refractivity contribution < 1.29 is 24.1 Å². The van der Waals surface area contributed by atoms with Crippen molar-refractivity contribution in [3.8, 4) is 17.2 Å². The maximum absolute atomic E-state index is 12.8. The largest absolute Gasteiger partial charge is 0.488 e. The average molecular weight is 392 g/mol. The number of pyridine rings is 1. The molecule has 0 unspecified atom stereocenters. The molecule has 2 aliphatic heterocycles. The van der Waals surface area contributed by atoms with Crippen LogP contribution in [0, 0.1) is 0 Å². The number of hydrogen-bond acceptors (Lipinski definition) is 6. The zero-order chi connectivity index (χ0) is 19.8. The quantitative estimate of drug-likeness (QED) is 0.738. The highest BCUT2D eigenvalue weighted by Crippen LogP contribution is 2.33. The van der Waals surface area contributed by atoms with Gasteiger partial charge in [0.2, 0.25) is 6.79 Å². The second-order valence-corrected chi connectivity index (χ2v) is 7.19. The van der Waals surface area contributed by atoms with E-state index in [1.54, 1.807) is 29.3 Å². The van der Waals surface area contributed by atoms with Crippen LogP contribution in [0.25, 0.3) is 10.9 Å². The predicted octanol–water partition coefficient (Wildman–Crippen LogP) is 2.62. The van der Waals surface area contributed by atoms with Crippen molar-refractivity contribution in [2.45, 2.75) is 18.6 Å². The summed E-state index contributed by atoms with van der Waals surface area (Å²) in [6, 6.07) is 14.7. The summed E-state index contributed by atoms with van der Waals surface area (Å²) in [5.74, 6) is 1.73. The van der Waals surface area contributed by atoms with Gasteiger partial charge in [-0.05, 0) is 36.4 Å². The van der Waals surface area contributed by atoms with Crippen molar-refractivity contribution in [1.82, 2.24) is 9.88 Å². The third-order valence-corrected chi connectivity index (χ3v) is 5.29. The molecule has 0 bridgehead atoms. The number of rotatable bonds is 3. The van der Waals surface area contributed by atoms with Gasteiger partial charge in [-0.1, -0.05) is 6.07 Å². The van der Waals surface area contributed by atoms with Crippen molar-refractivity contribution in [3.05, 3.63) is 60.3 Å². The molecule has 148 valence electrons. The minimum atomic E-state index is -0.777. The Morgan fingerprint density at radius 3 is 2.93 bits per heavy atom.